The minimum atomic E-state index is 0.636. The van der Waals surface area contributed by atoms with Crippen LogP contribution in [-0.4, -0.2) is 36.0 Å². The van der Waals surface area contributed by atoms with E-state index in [0.29, 0.717) is 6.04 Å². The Bertz CT molecular complexity index is 533. The van der Waals surface area contributed by atoms with Gasteiger partial charge in [0.25, 0.3) is 0 Å². The molecule has 0 spiro atoms. The van der Waals surface area contributed by atoms with Crippen LogP contribution in [0.1, 0.15) is 57.1 Å². The van der Waals surface area contributed by atoms with E-state index in [1.165, 1.54) is 49.8 Å². The maximum absolute atomic E-state index is 4.71. The maximum Gasteiger partial charge on any atom is 0.191 e. The Kier molecular flexibility index (Phi) is 6.13. The van der Waals surface area contributed by atoms with Crippen molar-refractivity contribution in [3.8, 4) is 0 Å². The molecule has 2 N–H and O–H groups in total. The summed E-state index contributed by atoms with van der Waals surface area (Å²) in [5.41, 5.74) is 2.69. The van der Waals surface area contributed by atoms with Gasteiger partial charge in [0, 0.05) is 25.2 Å². The van der Waals surface area contributed by atoms with Crippen LogP contribution in [0, 0.1) is 0 Å². The molecule has 0 aromatic heterocycles. The van der Waals surface area contributed by atoms with E-state index in [1.807, 2.05) is 0 Å². The van der Waals surface area contributed by atoms with Gasteiger partial charge >= 0.3 is 0 Å². The van der Waals surface area contributed by atoms with Gasteiger partial charge in [-0.2, -0.15) is 0 Å². The Balaban J connectivity index is 1.53. The molecule has 1 aliphatic heterocycles. The Morgan fingerprint density at radius 2 is 1.88 bits per heavy atom. The highest BCUT2D eigenvalue weighted by molar-refractivity contribution is 5.80. The van der Waals surface area contributed by atoms with Crippen molar-refractivity contribution in [2.24, 2.45) is 4.99 Å². The zero-order valence-electron chi connectivity index (χ0n) is 15.2. The highest BCUT2D eigenvalue weighted by Crippen LogP contribution is 2.20. The summed E-state index contributed by atoms with van der Waals surface area (Å²) in [5.74, 6) is 0.950. The quantitative estimate of drug-likeness (QED) is 0.622. The van der Waals surface area contributed by atoms with Gasteiger partial charge in [-0.15, -0.1) is 0 Å². The Labute approximate surface area is 146 Å². The van der Waals surface area contributed by atoms with Crippen molar-refractivity contribution in [1.82, 2.24) is 15.5 Å². The number of nitrogens with zero attached hydrogens (tertiary/aromatic N) is 2. The summed E-state index contributed by atoms with van der Waals surface area (Å²) in [5, 5.41) is 6.79. The second-order valence-electron chi connectivity index (χ2n) is 7.25. The Hall–Kier alpha value is -1.55. The van der Waals surface area contributed by atoms with Crippen LogP contribution in [0.2, 0.25) is 0 Å². The molecule has 1 saturated carbocycles. The van der Waals surface area contributed by atoms with Crippen LogP contribution in [0.5, 0.6) is 0 Å². The first-order chi connectivity index (χ1) is 11.7. The van der Waals surface area contributed by atoms with Crippen LogP contribution in [0.4, 0.5) is 0 Å². The average molecular weight is 329 g/mol. The molecule has 4 nitrogen and oxygen atoms in total. The first-order valence-corrected chi connectivity index (χ1v) is 9.61. The lowest BCUT2D eigenvalue weighted by Gasteiger charge is -2.33. The third-order valence-corrected chi connectivity index (χ3v) is 5.03. The van der Waals surface area contributed by atoms with E-state index in [2.05, 4.69) is 53.6 Å². The number of piperidine rings is 1. The number of rotatable bonds is 6. The topological polar surface area (TPSA) is 39.7 Å². The van der Waals surface area contributed by atoms with Gasteiger partial charge in [0.1, 0.15) is 0 Å². The highest BCUT2D eigenvalue weighted by Gasteiger charge is 2.22. The van der Waals surface area contributed by atoms with Gasteiger partial charge in [-0.05, 0) is 57.2 Å². The van der Waals surface area contributed by atoms with E-state index < -0.39 is 0 Å². The zero-order valence-corrected chi connectivity index (χ0v) is 15.2. The molecule has 2 aliphatic rings. The molecule has 1 atom stereocenters. The smallest absolute Gasteiger partial charge is 0.191 e. The van der Waals surface area contributed by atoms with Crippen molar-refractivity contribution in [2.75, 3.05) is 13.1 Å². The van der Waals surface area contributed by atoms with Gasteiger partial charge in [-0.25, -0.2) is 4.99 Å². The summed E-state index contributed by atoms with van der Waals surface area (Å²) in [6, 6.07) is 10.4. The van der Waals surface area contributed by atoms with Crippen molar-refractivity contribution in [1.29, 1.82) is 0 Å². The van der Waals surface area contributed by atoms with Crippen molar-refractivity contribution < 1.29 is 0 Å². The fraction of sp³-hybridized carbons (Fsp3) is 0.650. The summed E-state index contributed by atoms with van der Waals surface area (Å²) in [6.45, 7) is 8.44. The van der Waals surface area contributed by atoms with Gasteiger partial charge in [-0.3, -0.25) is 4.90 Å². The molecule has 0 radical (unpaired) electrons. The van der Waals surface area contributed by atoms with E-state index in [1.54, 1.807) is 0 Å². The van der Waals surface area contributed by atoms with Crippen molar-refractivity contribution in [3.63, 3.8) is 0 Å². The SMILES string of the molecule is CCNC(=NCc1ccc(CN2CCCCC2C)cc1)NC1CC1. The van der Waals surface area contributed by atoms with E-state index in [9.17, 15) is 0 Å². The van der Waals surface area contributed by atoms with Gasteiger partial charge in [0.15, 0.2) is 5.96 Å². The van der Waals surface area contributed by atoms with Crippen LogP contribution >= 0.6 is 0 Å². The van der Waals surface area contributed by atoms with Crippen molar-refractivity contribution in [2.45, 2.75) is 71.1 Å². The third kappa shape index (κ3) is 5.23. The molecule has 1 heterocycles. The summed E-state index contributed by atoms with van der Waals surface area (Å²) in [7, 11) is 0. The van der Waals surface area contributed by atoms with Gasteiger partial charge in [-0.1, -0.05) is 30.7 Å². The lowest BCUT2D eigenvalue weighted by Crippen LogP contribution is -2.38. The van der Waals surface area contributed by atoms with Crippen molar-refractivity contribution in [3.05, 3.63) is 35.4 Å². The molecule has 1 saturated heterocycles. The Morgan fingerprint density at radius 1 is 1.12 bits per heavy atom. The minimum absolute atomic E-state index is 0.636. The molecule has 1 aromatic rings. The summed E-state index contributed by atoms with van der Waals surface area (Å²) >= 11 is 0. The van der Waals surface area contributed by atoms with Gasteiger partial charge in [0.2, 0.25) is 0 Å². The Morgan fingerprint density at radius 3 is 2.54 bits per heavy atom. The fourth-order valence-corrected chi connectivity index (χ4v) is 3.29. The first kappa shape index (κ1) is 17.3. The van der Waals surface area contributed by atoms with E-state index in [-0.39, 0.29) is 0 Å². The molecule has 0 amide bonds. The van der Waals surface area contributed by atoms with Gasteiger partial charge < -0.3 is 10.6 Å². The molecule has 4 heteroatoms. The molecule has 0 bridgehead atoms. The number of hydrogen-bond acceptors (Lipinski definition) is 2. The molecule has 1 aliphatic carbocycles. The second kappa shape index (κ2) is 8.52. The second-order valence-corrected chi connectivity index (χ2v) is 7.25. The molecule has 132 valence electrons. The van der Waals surface area contributed by atoms with Crippen LogP contribution in [0.25, 0.3) is 0 Å². The third-order valence-electron chi connectivity index (χ3n) is 5.03. The van der Waals surface area contributed by atoms with E-state index in [4.69, 9.17) is 4.99 Å². The molecule has 1 aromatic carbocycles. The number of benzene rings is 1. The molecular formula is C20H32N4. The monoisotopic (exact) mass is 328 g/mol. The largest absolute Gasteiger partial charge is 0.357 e. The number of likely N-dealkylation sites (tertiary alicyclic amines) is 1. The highest BCUT2D eigenvalue weighted by atomic mass is 15.2. The van der Waals surface area contributed by atoms with Crippen molar-refractivity contribution >= 4 is 5.96 Å². The normalized spacial score (nSPS) is 22.4. The maximum atomic E-state index is 4.71. The summed E-state index contributed by atoms with van der Waals surface area (Å²) in [6.07, 6.45) is 6.62. The number of aliphatic imine (C=N–C) groups is 1. The van der Waals surface area contributed by atoms with Crippen LogP contribution in [-0.2, 0) is 13.1 Å². The first-order valence-electron chi connectivity index (χ1n) is 9.61. The van der Waals surface area contributed by atoms with Crippen LogP contribution in [0.3, 0.4) is 0 Å². The minimum Gasteiger partial charge on any atom is -0.357 e. The lowest BCUT2D eigenvalue weighted by molar-refractivity contribution is 0.152. The molecule has 24 heavy (non-hydrogen) atoms. The predicted molar refractivity (Wildman–Crippen MR) is 101 cm³/mol. The number of nitrogens with one attached hydrogen (secondary N) is 2. The van der Waals surface area contributed by atoms with Gasteiger partial charge in [0.05, 0.1) is 6.54 Å². The molecular weight excluding hydrogens is 296 g/mol. The lowest BCUT2D eigenvalue weighted by atomic mass is 10.0. The fourth-order valence-electron chi connectivity index (χ4n) is 3.29. The van der Waals surface area contributed by atoms with Crippen LogP contribution in [0.15, 0.2) is 29.3 Å². The zero-order chi connectivity index (χ0) is 16.8. The average Bonchev–Trinajstić information content (AvgIpc) is 3.40. The standard InChI is InChI=1S/C20H32N4/c1-3-21-20(23-19-11-12-19)22-14-17-7-9-18(10-8-17)15-24-13-5-4-6-16(24)2/h7-10,16,19H,3-6,11-15H2,1-2H3,(H2,21,22,23). The van der Waals surface area contributed by atoms with Crippen LogP contribution < -0.4 is 10.6 Å². The number of guanidine groups is 1. The predicted octanol–water partition coefficient (Wildman–Crippen LogP) is 3.28. The summed E-state index contributed by atoms with van der Waals surface area (Å²) in [4.78, 5) is 7.32. The van der Waals surface area contributed by atoms with E-state index >= 15 is 0 Å². The van der Waals surface area contributed by atoms with E-state index in [0.717, 1.165) is 31.6 Å². The summed E-state index contributed by atoms with van der Waals surface area (Å²) < 4.78 is 0. The molecule has 3 rings (SSSR count). The number of hydrogen-bond donors (Lipinski definition) is 2. The molecule has 2 fully saturated rings. The molecule has 1 unspecified atom stereocenters.